The number of hydrogen-bond acceptors (Lipinski definition) is 4. The molecule has 0 aliphatic heterocycles. The molecule has 0 radical (unpaired) electrons. The van der Waals surface area contributed by atoms with Crippen LogP contribution in [0, 0.1) is 0 Å². The van der Waals surface area contributed by atoms with E-state index in [1.165, 1.54) is 0 Å². The summed E-state index contributed by atoms with van der Waals surface area (Å²) < 4.78 is 0. The molecule has 0 rings (SSSR count). The number of carboxylic acids is 1. The number of carbonyl (C=O) groups is 2. The van der Waals surface area contributed by atoms with Gasteiger partial charge in [0.1, 0.15) is 0 Å². The molecular formula is C11H22N2O4S. The molecule has 0 aromatic heterocycles. The summed E-state index contributed by atoms with van der Waals surface area (Å²) in [5.74, 6) is -0.290. The van der Waals surface area contributed by atoms with Crippen LogP contribution >= 0.6 is 11.8 Å². The summed E-state index contributed by atoms with van der Waals surface area (Å²) in [5.41, 5.74) is 0. The molecule has 18 heavy (non-hydrogen) atoms. The number of nitrogens with zero attached hydrogens (tertiary/aromatic N) is 1. The summed E-state index contributed by atoms with van der Waals surface area (Å²) in [6, 6.07) is -0.122. The third kappa shape index (κ3) is 6.70. The number of rotatable bonds is 8. The zero-order valence-corrected chi connectivity index (χ0v) is 11.9. The van der Waals surface area contributed by atoms with Crippen molar-refractivity contribution in [2.24, 2.45) is 0 Å². The van der Waals surface area contributed by atoms with Gasteiger partial charge in [-0.15, -0.1) is 0 Å². The van der Waals surface area contributed by atoms with Crippen molar-refractivity contribution in [2.45, 2.75) is 31.9 Å². The number of carboxylic acid groups (broad SMARTS) is 1. The van der Waals surface area contributed by atoms with Gasteiger partial charge in [-0.1, -0.05) is 0 Å². The number of amides is 2. The first-order chi connectivity index (χ1) is 8.40. The van der Waals surface area contributed by atoms with Crippen LogP contribution in [0.2, 0.25) is 0 Å². The molecule has 2 amide bonds. The van der Waals surface area contributed by atoms with Gasteiger partial charge in [0.2, 0.25) is 0 Å². The Hall–Kier alpha value is -0.950. The van der Waals surface area contributed by atoms with E-state index in [0.29, 0.717) is 0 Å². The molecule has 7 heteroatoms. The lowest BCUT2D eigenvalue weighted by Gasteiger charge is -2.25. The average Bonchev–Trinajstić information content (AvgIpc) is 2.34. The fourth-order valence-electron chi connectivity index (χ4n) is 1.25. The Morgan fingerprint density at radius 1 is 1.39 bits per heavy atom. The molecule has 2 unspecified atom stereocenters. The highest BCUT2D eigenvalue weighted by Crippen LogP contribution is 2.06. The maximum Gasteiger partial charge on any atom is 0.332 e. The van der Waals surface area contributed by atoms with E-state index in [4.69, 9.17) is 10.2 Å². The summed E-state index contributed by atoms with van der Waals surface area (Å²) in [7, 11) is 1.70. The fourth-order valence-corrected chi connectivity index (χ4v) is 1.82. The molecule has 0 bridgehead atoms. The van der Waals surface area contributed by atoms with Gasteiger partial charge in [-0.2, -0.15) is 11.8 Å². The van der Waals surface area contributed by atoms with E-state index in [9.17, 15) is 9.59 Å². The van der Waals surface area contributed by atoms with Crippen LogP contribution in [0.25, 0.3) is 0 Å². The van der Waals surface area contributed by atoms with Crippen LogP contribution in [0.4, 0.5) is 4.79 Å². The van der Waals surface area contributed by atoms with E-state index in [0.717, 1.165) is 12.2 Å². The van der Waals surface area contributed by atoms with Crippen LogP contribution in [0.5, 0.6) is 0 Å². The second-order valence-corrected chi connectivity index (χ2v) is 5.10. The minimum Gasteiger partial charge on any atom is -0.479 e. The summed E-state index contributed by atoms with van der Waals surface area (Å²) in [4.78, 5) is 23.6. The first kappa shape index (κ1) is 17.1. The first-order valence-corrected chi connectivity index (χ1v) is 7.20. The lowest BCUT2D eigenvalue weighted by Crippen LogP contribution is -2.43. The summed E-state index contributed by atoms with van der Waals surface area (Å²) in [6.45, 7) is 2.10. The Labute approximate surface area is 112 Å². The maximum absolute atomic E-state index is 11.7. The van der Waals surface area contributed by atoms with Gasteiger partial charge in [0.25, 0.3) is 0 Å². The van der Waals surface area contributed by atoms with Crippen molar-refractivity contribution in [3.63, 3.8) is 0 Å². The zero-order chi connectivity index (χ0) is 14.1. The van der Waals surface area contributed by atoms with Crippen LogP contribution in [0.15, 0.2) is 0 Å². The number of thioether (sulfide) groups is 1. The van der Waals surface area contributed by atoms with Gasteiger partial charge in [0, 0.05) is 26.1 Å². The van der Waals surface area contributed by atoms with Crippen LogP contribution in [0.3, 0.4) is 0 Å². The van der Waals surface area contributed by atoms with Crippen molar-refractivity contribution in [2.75, 3.05) is 25.6 Å². The van der Waals surface area contributed by atoms with Gasteiger partial charge < -0.3 is 20.4 Å². The molecule has 0 aliphatic rings. The Bertz CT molecular complexity index is 276. The standard InChI is InChI=1S/C11H22N2O4S/c1-8(5-7-18-3)13(2)11(17)12-6-4-9(14)10(15)16/h8-9,14H,4-7H2,1-3H3,(H,12,17)(H,15,16). The Morgan fingerprint density at radius 3 is 2.50 bits per heavy atom. The van der Waals surface area contributed by atoms with E-state index in [-0.39, 0.29) is 25.0 Å². The molecule has 106 valence electrons. The minimum atomic E-state index is -1.43. The van der Waals surface area contributed by atoms with E-state index >= 15 is 0 Å². The third-order valence-electron chi connectivity index (χ3n) is 2.70. The van der Waals surface area contributed by atoms with E-state index in [1.54, 1.807) is 23.7 Å². The third-order valence-corrected chi connectivity index (χ3v) is 3.34. The van der Waals surface area contributed by atoms with Crippen molar-refractivity contribution < 1.29 is 19.8 Å². The largest absolute Gasteiger partial charge is 0.479 e. The van der Waals surface area contributed by atoms with E-state index < -0.39 is 12.1 Å². The molecule has 6 nitrogen and oxygen atoms in total. The molecule has 0 aromatic rings. The predicted octanol–water partition coefficient (Wildman–Crippen LogP) is 0.605. The molecule has 3 N–H and O–H groups in total. The van der Waals surface area contributed by atoms with Gasteiger partial charge in [-0.05, 0) is 25.4 Å². The summed E-state index contributed by atoms with van der Waals surface area (Å²) in [5, 5.41) is 20.1. The van der Waals surface area contributed by atoms with Crippen molar-refractivity contribution in [3.8, 4) is 0 Å². The average molecular weight is 278 g/mol. The number of nitrogens with one attached hydrogen (secondary N) is 1. The molecule has 0 saturated carbocycles. The SMILES string of the molecule is CSCCC(C)N(C)C(=O)NCCC(O)C(=O)O. The minimum absolute atomic E-state index is 0.00804. The first-order valence-electron chi connectivity index (χ1n) is 5.80. The zero-order valence-electron chi connectivity index (χ0n) is 11.0. The lowest BCUT2D eigenvalue weighted by atomic mass is 10.2. The van der Waals surface area contributed by atoms with Gasteiger partial charge in [0.05, 0.1) is 0 Å². The van der Waals surface area contributed by atoms with Crippen molar-refractivity contribution >= 4 is 23.8 Å². The topological polar surface area (TPSA) is 89.9 Å². The van der Waals surface area contributed by atoms with Crippen molar-refractivity contribution in [3.05, 3.63) is 0 Å². The van der Waals surface area contributed by atoms with Gasteiger partial charge in [-0.25, -0.2) is 9.59 Å². The van der Waals surface area contributed by atoms with Crippen LogP contribution in [-0.4, -0.2) is 64.9 Å². The number of carbonyl (C=O) groups excluding carboxylic acids is 1. The number of hydrogen-bond donors (Lipinski definition) is 3. The molecule has 0 aromatic carbocycles. The molecule has 0 aliphatic carbocycles. The van der Waals surface area contributed by atoms with Gasteiger partial charge in [0.15, 0.2) is 6.10 Å². The lowest BCUT2D eigenvalue weighted by molar-refractivity contribution is -0.146. The second-order valence-electron chi connectivity index (χ2n) is 4.12. The second kappa shape index (κ2) is 9.04. The fraction of sp³-hybridized carbons (Fsp3) is 0.818. The number of aliphatic hydroxyl groups excluding tert-OH is 1. The Morgan fingerprint density at radius 2 is 2.00 bits per heavy atom. The summed E-state index contributed by atoms with van der Waals surface area (Å²) in [6.07, 6.45) is 1.50. The van der Waals surface area contributed by atoms with Crippen LogP contribution in [0.1, 0.15) is 19.8 Å². The molecular weight excluding hydrogens is 256 g/mol. The Balaban J connectivity index is 3.90. The molecule has 0 saturated heterocycles. The smallest absolute Gasteiger partial charge is 0.332 e. The number of aliphatic carboxylic acids is 1. The predicted molar refractivity (Wildman–Crippen MR) is 71.9 cm³/mol. The molecule has 0 fully saturated rings. The molecule has 0 spiro atoms. The Kier molecular flexibility index (Phi) is 8.57. The van der Waals surface area contributed by atoms with E-state index in [2.05, 4.69) is 5.32 Å². The highest BCUT2D eigenvalue weighted by molar-refractivity contribution is 7.98. The maximum atomic E-state index is 11.7. The number of urea groups is 1. The van der Waals surface area contributed by atoms with Gasteiger partial charge >= 0.3 is 12.0 Å². The normalized spacial score (nSPS) is 13.8. The van der Waals surface area contributed by atoms with Crippen LogP contribution < -0.4 is 5.32 Å². The van der Waals surface area contributed by atoms with Gasteiger partial charge in [-0.3, -0.25) is 0 Å². The monoisotopic (exact) mass is 278 g/mol. The van der Waals surface area contributed by atoms with Crippen molar-refractivity contribution in [1.29, 1.82) is 0 Å². The quantitative estimate of drug-likeness (QED) is 0.605. The highest BCUT2D eigenvalue weighted by atomic mass is 32.2. The number of aliphatic hydroxyl groups is 1. The van der Waals surface area contributed by atoms with Crippen LogP contribution in [-0.2, 0) is 4.79 Å². The molecule has 2 atom stereocenters. The summed E-state index contributed by atoms with van der Waals surface area (Å²) >= 11 is 1.73. The van der Waals surface area contributed by atoms with E-state index in [1.807, 2.05) is 13.2 Å². The molecule has 0 heterocycles. The highest BCUT2D eigenvalue weighted by Gasteiger charge is 2.16. The van der Waals surface area contributed by atoms with Crippen molar-refractivity contribution in [1.82, 2.24) is 10.2 Å².